The molecule has 0 saturated heterocycles. The number of halogens is 1. The van der Waals surface area contributed by atoms with E-state index in [2.05, 4.69) is 47.1 Å². The van der Waals surface area contributed by atoms with Crippen molar-refractivity contribution in [3.63, 3.8) is 0 Å². The minimum absolute atomic E-state index is 0. The molecule has 20 heavy (non-hydrogen) atoms. The van der Waals surface area contributed by atoms with Crippen LogP contribution in [0.25, 0.3) is 0 Å². The number of benzene rings is 2. The molecule has 0 fully saturated rings. The monoisotopic (exact) mass is 303 g/mol. The molecule has 2 aromatic carbocycles. The van der Waals surface area contributed by atoms with Gasteiger partial charge in [-0.05, 0) is 23.8 Å². The summed E-state index contributed by atoms with van der Waals surface area (Å²) < 4.78 is 5.34. The number of nitrogens with one attached hydrogen (secondary N) is 1. The lowest BCUT2D eigenvalue weighted by atomic mass is 9.92. The minimum atomic E-state index is 0. The van der Waals surface area contributed by atoms with Crippen molar-refractivity contribution in [1.82, 2.24) is 0 Å². The van der Waals surface area contributed by atoms with Crippen LogP contribution in [0, 0.1) is 0 Å². The molecule has 2 nitrogen and oxygen atoms in total. The third-order valence-electron chi connectivity index (χ3n) is 3.88. The van der Waals surface area contributed by atoms with E-state index >= 15 is 0 Å². The van der Waals surface area contributed by atoms with E-state index in [1.807, 2.05) is 17.4 Å². The molecule has 0 amide bonds. The van der Waals surface area contributed by atoms with Crippen LogP contribution in [0.2, 0.25) is 0 Å². The van der Waals surface area contributed by atoms with E-state index in [9.17, 15) is 0 Å². The van der Waals surface area contributed by atoms with Crippen molar-refractivity contribution in [3.05, 3.63) is 53.6 Å². The van der Waals surface area contributed by atoms with Gasteiger partial charge in [0.25, 0.3) is 0 Å². The molecule has 2 unspecified atom stereocenters. The first-order chi connectivity index (χ1) is 9.36. The van der Waals surface area contributed by atoms with Gasteiger partial charge in [-0.2, -0.15) is 0 Å². The van der Waals surface area contributed by atoms with E-state index in [1.54, 1.807) is 7.11 Å². The highest BCUT2D eigenvalue weighted by atomic mass is 35.5. The van der Waals surface area contributed by atoms with Crippen LogP contribution in [-0.2, 0) is 11.4 Å². The number of hydrogen-bond acceptors (Lipinski definition) is 2. The Morgan fingerprint density at radius 1 is 1.10 bits per heavy atom. The molecule has 2 atom stereocenters. The number of methoxy groups -OCH3 is 1. The second kappa shape index (κ2) is 5.08. The predicted molar refractivity (Wildman–Crippen MR) is 80.2 cm³/mol. The molecular weight excluding hydrogens is 290 g/mol. The Hall–Kier alpha value is -1.58. The van der Waals surface area contributed by atoms with E-state index in [0.29, 0.717) is 12.0 Å². The predicted octanol–water partition coefficient (Wildman–Crippen LogP) is 0.207. The van der Waals surface area contributed by atoms with Crippen LogP contribution >= 0.6 is 0 Å². The molecule has 0 aliphatic carbocycles. The quantitative estimate of drug-likeness (QED) is 0.601. The largest absolute Gasteiger partial charge is 1.00 e. The van der Waals surface area contributed by atoms with Crippen LogP contribution in [0.3, 0.4) is 0 Å². The van der Waals surface area contributed by atoms with E-state index in [4.69, 9.17) is 4.74 Å². The molecule has 102 valence electrons. The van der Waals surface area contributed by atoms with Crippen LogP contribution in [0.1, 0.15) is 23.1 Å². The zero-order valence-corrected chi connectivity index (χ0v) is 12.5. The van der Waals surface area contributed by atoms with E-state index in [1.165, 1.54) is 21.7 Å². The van der Waals surface area contributed by atoms with E-state index in [-0.39, 0.29) is 12.4 Å². The van der Waals surface area contributed by atoms with Gasteiger partial charge in [0, 0.05) is 17.3 Å². The second-order valence-electron chi connectivity index (χ2n) is 4.89. The lowest BCUT2D eigenvalue weighted by Crippen LogP contribution is -3.00. The van der Waals surface area contributed by atoms with Crippen molar-refractivity contribution in [2.24, 2.45) is 0 Å². The van der Waals surface area contributed by atoms with Gasteiger partial charge in [0.1, 0.15) is 5.75 Å². The lowest BCUT2D eigenvalue weighted by molar-refractivity contribution is -0.00000387. The first kappa shape index (κ1) is 13.4. The highest BCUT2D eigenvalue weighted by Gasteiger charge is 2.40. The Kier molecular flexibility index (Phi) is 3.40. The third-order valence-corrected chi connectivity index (χ3v) is 4.94. The normalized spacial score (nSPS) is 21.1. The number of fused-ring (bicyclic) bond motifs is 5. The maximum absolute atomic E-state index is 5.34. The summed E-state index contributed by atoms with van der Waals surface area (Å²) in [7, 11) is 1.72. The molecule has 0 spiro atoms. The Morgan fingerprint density at radius 3 is 2.80 bits per heavy atom. The molecule has 2 heterocycles. The Labute approximate surface area is 128 Å². The number of hydrogen-bond donors (Lipinski definition) is 1. The van der Waals surface area contributed by atoms with Gasteiger partial charge >= 0.3 is 0 Å². The first-order valence-corrected chi connectivity index (χ1v) is 7.28. The average molecular weight is 304 g/mol. The summed E-state index contributed by atoms with van der Waals surface area (Å²) in [5, 5.41) is 5.98. The van der Waals surface area contributed by atoms with Gasteiger partial charge in [-0.3, -0.25) is 0 Å². The molecule has 0 aromatic heterocycles. The van der Waals surface area contributed by atoms with Crippen LogP contribution < -0.4 is 22.5 Å². The molecule has 2 aliphatic rings. The molecule has 2 aliphatic heterocycles. The fourth-order valence-electron chi connectivity index (χ4n) is 2.93. The number of anilines is 1. The first-order valence-electron chi connectivity index (χ1n) is 6.40. The molecule has 4 heteroatoms. The van der Waals surface area contributed by atoms with Crippen LogP contribution in [0.5, 0.6) is 5.75 Å². The van der Waals surface area contributed by atoms with Crippen LogP contribution in [-0.4, -0.2) is 12.5 Å². The lowest BCUT2D eigenvalue weighted by Gasteiger charge is -2.17. The molecule has 4 rings (SSSR count). The summed E-state index contributed by atoms with van der Waals surface area (Å²) in [6.45, 7) is 0. The van der Waals surface area contributed by atoms with Gasteiger partial charge in [0.2, 0.25) is 16.2 Å². The Balaban J connectivity index is 0.00000121. The third kappa shape index (κ3) is 1.89. The zero-order valence-electron chi connectivity index (χ0n) is 11.0. The highest BCUT2D eigenvalue weighted by Crippen LogP contribution is 2.46. The van der Waals surface area contributed by atoms with E-state index < -0.39 is 0 Å². The Morgan fingerprint density at radius 2 is 1.95 bits per heavy atom. The van der Waals surface area contributed by atoms with Crippen molar-refractivity contribution in [2.75, 3.05) is 12.4 Å². The van der Waals surface area contributed by atoms with Crippen molar-refractivity contribution in [2.45, 2.75) is 16.9 Å². The van der Waals surface area contributed by atoms with Crippen LogP contribution in [0.4, 0.5) is 5.69 Å². The summed E-state index contributed by atoms with van der Waals surface area (Å²) in [6, 6.07) is 15.3. The molecule has 0 saturated carbocycles. The topological polar surface area (TPSA) is 21.3 Å². The Bertz CT molecular complexity index is 686. The van der Waals surface area contributed by atoms with Crippen molar-refractivity contribution < 1.29 is 17.1 Å². The van der Waals surface area contributed by atoms with Gasteiger partial charge in [0.15, 0.2) is 5.37 Å². The van der Waals surface area contributed by atoms with Gasteiger partial charge in [-0.25, -0.2) is 0 Å². The molecular formula is C16H14ClNOS. The fraction of sp³-hybridized carbons (Fsp3) is 0.188. The van der Waals surface area contributed by atoms with Crippen LogP contribution in [0.15, 0.2) is 47.4 Å². The van der Waals surface area contributed by atoms with Gasteiger partial charge in [-0.1, -0.05) is 18.2 Å². The second-order valence-corrected chi connectivity index (χ2v) is 5.84. The van der Waals surface area contributed by atoms with Gasteiger partial charge in [0.05, 0.1) is 19.1 Å². The SMILES string of the molecule is COc1ccc2c(c1)C1C=[S+]c3ccccc3C1N2.[Cl-]. The van der Waals surface area contributed by atoms with Crippen molar-refractivity contribution in [1.29, 1.82) is 0 Å². The number of ether oxygens (including phenoxy) is 1. The average Bonchev–Trinajstić information content (AvgIpc) is 2.85. The maximum atomic E-state index is 5.34. The molecule has 1 N–H and O–H groups in total. The summed E-state index contributed by atoms with van der Waals surface area (Å²) in [5.41, 5.74) is 3.96. The smallest absolute Gasteiger partial charge is 0.235 e. The summed E-state index contributed by atoms with van der Waals surface area (Å²) in [5.74, 6) is 1.35. The maximum Gasteiger partial charge on any atom is 0.235 e. The summed E-state index contributed by atoms with van der Waals surface area (Å²) in [4.78, 5) is 1.36. The molecule has 0 radical (unpaired) electrons. The van der Waals surface area contributed by atoms with Gasteiger partial charge < -0.3 is 22.5 Å². The number of rotatable bonds is 1. The summed E-state index contributed by atoms with van der Waals surface area (Å²) >= 11 is 1.84. The van der Waals surface area contributed by atoms with E-state index in [0.717, 1.165) is 5.75 Å². The standard InChI is InChI=1S/C16H14NOS.ClH/c1-18-10-6-7-14-12(8-10)13-9-19-15-5-3-2-4-11(15)16(13)17-14;/h2-9,13,16-17H,1H3;1H/q+1;/p-1. The fourth-order valence-corrected chi connectivity index (χ4v) is 4.01. The van der Waals surface area contributed by atoms with Gasteiger partial charge in [-0.15, -0.1) is 0 Å². The zero-order chi connectivity index (χ0) is 12.8. The molecule has 0 bridgehead atoms. The highest BCUT2D eigenvalue weighted by molar-refractivity contribution is 7.77. The van der Waals surface area contributed by atoms with Crippen molar-refractivity contribution in [3.8, 4) is 5.75 Å². The minimum Gasteiger partial charge on any atom is -1.00 e. The summed E-state index contributed by atoms with van der Waals surface area (Å²) in [6.07, 6.45) is 0. The van der Waals surface area contributed by atoms with Crippen molar-refractivity contribution >= 4 is 22.4 Å². The molecule has 2 aromatic rings.